The molecule has 0 amide bonds. The van der Waals surface area contributed by atoms with E-state index in [2.05, 4.69) is 18.3 Å². The van der Waals surface area contributed by atoms with Crippen LogP contribution in [0.4, 0.5) is 11.4 Å². The summed E-state index contributed by atoms with van der Waals surface area (Å²) in [7, 11) is 1.67. The zero-order valence-electron chi connectivity index (χ0n) is 9.66. The van der Waals surface area contributed by atoms with Gasteiger partial charge in [0, 0.05) is 13.2 Å². The molecular weight excluding hydrogens is 202 g/mol. The third kappa shape index (κ3) is 2.88. The van der Waals surface area contributed by atoms with Crippen LogP contribution < -0.4 is 11.1 Å². The van der Waals surface area contributed by atoms with Gasteiger partial charge in [-0.15, -0.1) is 0 Å². The lowest BCUT2D eigenvalue weighted by Gasteiger charge is -2.18. The summed E-state index contributed by atoms with van der Waals surface area (Å²) in [6.07, 6.45) is 0.935. The number of anilines is 2. The van der Waals surface area contributed by atoms with E-state index in [0.717, 1.165) is 12.1 Å². The minimum Gasteiger partial charge on any atom is -0.396 e. The van der Waals surface area contributed by atoms with Gasteiger partial charge in [-0.2, -0.15) is 5.26 Å². The van der Waals surface area contributed by atoms with Crippen molar-refractivity contribution in [3.63, 3.8) is 0 Å². The number of nitrogen functional groups attached to an aromatic ring is 1. The van der Waals surface area contributed by atoms with E-state index in [4.69, 9.17) is 15.7 Å². The first-order valence-corrected chi connectivity index (χ1v) is 5.27. The Morgan fingerprint density at radius 3 is 2.88 bits per heavy atom. The Kier molecular flexibility index (Phi) is 4.62. The van der Waals surface area contributed by atoms with E-state index in [1.165, 1.54) is 0 Å². The Balaban J connectivity index is 2.84. The van der Waals surface area contributed by atoms with Gasteiger partial charge in [0.05, 0.1) is 23.5 Å². The summed E-state index contributed by atoms with van der Waals surface area (Å²) in [4.78, 5) is 0. The first kappa shape index (κ1) is 12.3. The molecule has 3 N–H and O–H groups in total. The van der Waals surface area contributed by atoms with E-state index < -0.39 is 0 Å². The van der Waals surface area contributed by atoms with Gasteiger partial charge in [0.1, 0.15) is 6.07 Å². The number of hydrogen-bond donors (Lipinski definition) is 2. The number of benzene rings is 1. The second-order valence-corrected chi connectivity index (χ2v) is 3.58. The molecule has 0 aliphatic heterocycles. The average Bonchev–Trinajstić information content (AvgIpc) is 2.31. The topological polar surface area (TPSA) is 71.1 Å². The number of nitrogens with zero attached hydrogens (tertiary/aromatic N) is 1. The molecule has 1 unspecified atom stereocenters. The summed E-state index contributed by atoms with van der Waals surface area (Å²) in [5, 5.41) is 12.1. The summed E-state index contributed by atoms with van der Waals surface area (Å²) in [6.45, 7) is 2.69. The number of ether oxygens (including phenoxy) is 1. The lowest BCUT2D eigenvalue weighted by Crippen LogP contribution is -2.24. The van der Waals surface area contributed by atoms with E-state index in [1.807, 2.05) is 12.1 Å². The summed E-state index contributed by atoms with van der Waals surface area (Å²) in [5.41, 5.74) is 7.66. The van der Waals surface area contributed by atoms with Crippen LogP contribution in [0, 0.1) is 11.3 Å². The summed E-state index contributed by atoms with van der Waals surface area (Å²) in [6, 6.07) is 7.66. The zero-order chi connectivity index (χ0) is 12.0. The maximum absolute atomic E-state index is 8.86. The van der Waals surface area contributed by atoms with Gasteiger partial charge in [0.15, 0.2) is 0 Å². The first-order valence-electron chi connectivity index (χ1n) is 5.27. The fraction of sp³-hybridized carbons (Fsp3) is 0.417. The molecular formula is C12H17N3O. The number of para-hydroxylation sites is 1. The smallest absolute Gasteiger partial charge is 0.101 e. The van der Waals surface area contributed by atoms with E-state index in [1.54, 1.807) is 13.2 Å². The molecule has 0 heterocycles. The van der Waals surface area contributed by atoms with Gasteiger partial charge < -0.3 is 15.8 Å². The molecule has 0 aliphatic rings. The molecule has 0 aromatic heterocycles. The van der Waals surface area contributed by atoms with Gasteiger partial charge in [-0.3, -0.25) is 0 Å². The van der Waals surface area contributed by atoms with Crippen LogP contribution in [0.15, 0.2) is 18.2 Å². The molecule has 86 valence electrons. The zero-order valence-corrected chi connectivity index (χ0v) is 9.66. The standard InChI is InChI=1S/C12H17N3O/c1-3-10(8-16-2)15-11-6-4-5-9(7-13)12(11)14/h4-6,10,15H,3,8,14H2,1-2H3. The Morgan fingerprint density at radius 2 is 2.31 bits per heavy atom. The van der Waals surface area contributed by atoms with Crippen molar-refractivity contribution in [2.24, 2.45) is 0 Å². The Hall–Kier alpha value is -1.73. The fourth-order valence-corrected chi connectivity index (χ4v) is 1.47. The molecule has 0 saturated heterocycles. The fourth-order valence-electron chi connectivity index (χ4n) is 1.47. The SMILES string of the molecule is CCC(COC)Nc1cccc(C#N)c1N. The molecule has 1 rings (SSSR count). The van der Waals surface area contributed by atoms with Gasteiger partial charge in [-0.1, -0.05) is 13.0 Å². The molecule has 0 spiro atoms. The molecule has 1 aromatic carbocycles. The number of nitriles is 1. The number of hydrogen-bond acceptors (Lipinski definition) is 4. The Bertz CT molecular complexity index is 384. The predicted octanol–water partition coefficient (Wildman–Crippen LogP) is 1.98. The second-order valence-electron chi connectivity index (χ2n) is 3.58. The summed E-state index contributed by atoms with van der Waals surface area (Å²) < 4.78 is 5.10. The van der Waals surface area contributed by atoms with Crippen LogP contribution in [-0.4, -0.2) is 19.8 Å². The highest BCUT2D eigenvalue weighted by Crippen LogP contribution is 2.23. The number of nitrogens with two attached hydrogens (primary N) is 1. The number of rotatable bonds is 5. The monoisotopic (exact) mass is 219 g/mol. The maximum Gasteiger partial charge on any atom is 0.101 e. The lowest BCUT2D eigenvalue weighted by atomic mass is 10.1. The highest BCUT2D eigenvalue weighted by atomic mass is 16.5. The molecule has 0 fully saturated rings. The van der Waals surface area contributed by atoms with Crippen molar-refractivity contribution in [3.8, 4) is 6.07 Å². The molecule has 0 aliphatic carbocycles. The molecule has 4 heteroatoms. The van der Waals surface area contributed by atoms with E-state index in [-0.39, 0.29) is 6.04 Å². The number of nitrogens with one attached hydrogen (secondary N) is 1. The van der Waals surface area contributed by atoms with Gasteiger partial charge >= 0.3 is 0 Å². The quantitative estimate of drug-likeness (QED) is 0.743. The molecule has 0 saturated carbocycles. The van der Waals surface area contributed by atoms with Crippen molar-refractivity contribution in [1.82, 2.24) is 0 Å². The third-order valence-electron chi connectivity index (χ3n) is 2.45. The van der Waals surface area contributed by atoms with Crippen LogP contribution in [0.1, 0.15) is 18.9 Å². The second kappa shape index (κ2) is 5.99. The number of methoxy groups -OCH3 is 1. The van der Waals surface area contributed by atoms with Crippen LogP contribution in [-0.2, 0) is 4.74 Å². The molecule has 1 aromatic rings. The van der Waals surface area contributed by atoms with Gasteiger partial charge in [-0.25, -0.2) is 0 Å². The maximum atomic E-state index is 8.86. The van der Waals surface area contributed by atoms with Crippen molar-refractivity contribution in [2.45, 2.75) is 19.4 Å². The lowest BCUT2D eigenvalue weighted by molar-refractivity contribution is 0.184. The summed E-state index contributed by atoms with van der Waals surface area (Å²) in [5.74, 6) is 0. The molecule has 4 nitrogen and oxygen atoms in total. The average molecular weight is 219 g/mol. The Labute approximate surface area is 96.0 Å². The van der Waals surface area contributed by atoms with E-state index in [0.29, 0.717) is 17.9 Å². The van der Waals surface area contributed by atoms with Crippen molar-refractivity contribution < 1.29 is 4.74 Å². The molecule has 16 heavy (non-hydrogen) atoms. The third-order valence-corrected chi connectivity index (χ3v) is 2.45. The first-order chi connectivity index (χ1) is 7.72. The molecule has 0 radical (unpaired) electrons. The molecule has 0 bridgehead atoms. The normalized spacial score (nSPS) is 11.8. The van der Waals surface area contributed by atoms with Crippen LogP contribution in [0.25, 0.3) is 0 Å². The highest BCUT2D eigenvalue weighted by Gasteiger charge is 2.09. The van der Waals surface area contributed by atoms with Crippen molar-refractivity contribution in [2.75, 3.05) is 24.8 Å². The van der Waals surface area contributed by atoms with Gasteiger partial charge in [0.2, 0.25) is 0 Å². The van der Waals surface area contributed by atoms with Gasteiger partial charge in [0.25, 0.3) is 0 Å². The van der Waals surface area contributed by atoms with Crippen molar-refractivity contribution in [3.05, 3.63) is 23.8 Å². The van der Waals surface area contributed by atoms with Crippen LogP contribution >= 0.6 is 0 Å². The van der Waals surface area contributed by atoms with Crippen LogP contribution in [0.2, 0.25) is 0 Å². The van der Waals surface area contributed by atoms with Crippen LogP contribution in [0.3, 0.4) is 0 Å². The summed E-state index contributed by atoms with van der Waals surface area (Å²) >= 11 is 0. The largest absolute Gasteiger partial charge is 0.396 e. The highest BCUT2D eigenvalue weighted by molar-refractivity contribution is 5.73. The van der Waals surface area contributed by atoms with E-state index >= 15 is 0 Å². The van der Waals surface area contributed by atoms with Crippen LogP contribution in [0.5, 0.6) is 0 Å². The Morgan fingerprint density at radius 1 is 1.56 bits per heavy atom. The van der Waals surface area contributed by atoms with E-state index in [9.17, 15) is 0 Å². The minimum atomic E-state index is 0.209. The van der Waals surface area contributed by atoms with Crippen molar-refractivity contribution in [1.29, 1.82) is 5.26 Å². The van der Waals surface area contributed by atoms with Crippen molar-refractivity contribution >= 4 is 11.4 Å². The minimum absolute atomic E-state index is 0.209. The molecule has 1 atom stereocenters. The predicted molar refractivity (Wildman–Crippen MR) is 65.1 cm³/mol. The van der Waals surface area contributed by atoms with Gasteiger partial charge in [-0.05, 0) is 18.6 Å².